The van der Waals surface area contributed by atoms with Crippen LogP contribution < -0.4 is 0 Å². The lowest BCUT2D eigenvalue weighted by molar-refractivity contribution is 0.0685. The molecule has 1 aromatic carbocycles. The van der Waals surface area contributed by atoms with E-state index in [2.05, 4.69) is 40.4 Å². The van der Waals surface area contributed by atoms with Crippen molar-refractivity contribution in [1.29, 1.82) is 0 Å². The minimum atomic E-state index is 0.182. The number of fused-ring (bicyclic) bond motifs is 1. The molecule has 0 aliphatic carbocycles. The first-order chi connectivity index (χ1) is 10.1. The molecule has 2 heterocycles. The average Bonchev–Trinajstić information content (AvgIpc) is 2.84. The van der Waals surface area contributed by atoms with Crippen LogP contribution in [0.5, 0.6) is 0 Å². The highest BCUT2D eigenvalue weighted by Crippen LogP contribution is 2.27. The average molecular weight is 349 g/mol. The van der Waals surface area contributed by atoms with Crippen LogP contribution in [0.1, 0.15) is 37.0 Å². The molecule has 1 atom stereocenters. The molecule has 3 nitrogen and oxygen atoms in total. The summed E-state index contributed by atoms with van der Waals surface area (Å²) in [7, 11) is 0. The molecule has 1 saturated heterocycles. The zero-order valence-electron chi connectivity index (χ0n) is 12.6. The van der Waals surface area contributed by atoms with Crippen molar-refractivity contribution in [3.63, 3.8) is 0 Å². The molecule has 0 N–H and O–H groups in total. The van der Waals surface area contributed by atoms with Crippen LogP contribution in [0.4, 0.5) is 0 Å². The van der Waals surface area contributed by atoms with Crippen molar-refractivity contribution >= 4 is 32.7 Å². The fraction of sp³-hybridized carbons (Fsp3) is 0.471. The number of hydrogen-bond donors (Lipinski definition) is 0. The highest BCUT2D eigenvalue weighted by Gasteiger charge is 2.24. The summed E-state index contributed by atoms with van der Waals surface area (Å²) in [5, 5.41) is 1.06. The Kier molecular flexibility index (Phi) is 4.07. The number of likely N-dealkylation sites (tertiary alicyclic amines) is 1. The lowest BCUT2D eigenvalue weighted by Crippen LogP contribution is -2.39. The summed E-state index contributed by atoms with van der Waals surface area (Å²) in [6, 6.07) is 6.15. The minimum Gasteiger partial charge on any atom is -0.347 e. The fourth-order valence-corrected chi connectivity index (χ4v) is 3.59. The van der Waals surface area contributed by atoms with Crippen molar-refractivity contribution in [3.8, 4) is 0 Å². The first kappa shape index (κ1) is 14.6. The molecule has 1 aliphatic heterocycles. The highest BCUT2D eigenvalue weighted by molar-refractivity contribution is 9.10. The van der Waals surface area contributed by atoms with E-state index in [4.69, 9.17) is 0 Å². The Morgan fingerprint density at radius 3 is 2.95 bits per heavy atom. The van der Waals surface area contributed by atoms with Crippen LogP contribution in [0.2, 0.25) is 0 Å². The Bertz CT molecular complexity index is 677. The zero-order chi connectivity index (χ0) is 15.0. The van der Waals surface area contributed by atoms with Crippen molar-refractivity contribution < 1.29 is 4.79 Å². The van der Waals surface area contributed by atoms with E-state index in [1.807, 2.05) is 23.2 Å². The first-order valence-corrected chi connectivity index (χ1v) is 8.47. The summed E-state index contributed by atoms with van der Waals surface area (Å²) in [6.45, 7) is 6.98. The Morgan fingerprint density at radius 1 is 1.43 bits per heavy atom. The molecule has 21 heavy (non-hydrogen) atoms. The van der Waals surface area contributed by atoms with E-state index in [9.17, 15) is 4.79 Å². The smallest absolute Gasteiger partial charge is 0.256 e. The van der Waals surface area contributed by atoms with Gasteiger partial charge in [0.15, 0.2) is 0 Å². The van der Waals surface area contributed by atoms with E-state index in [-0.39, 0.29) is 5.91 Å². The van der Waals surface area contributed by atoms with Crippen LogP contribution in [0.15, 0.2) is 28.9 Å². The first-order valence-electron chi connectivity index (χ1n) is 7.67. The van der Waals surface area contributed by atoms with Crippen molar-refractivity contribution in [2.45, 2.75) is 33.2 Å². The number of benzene rings is 1. The molecule has 0 saturated carbocycles. The van der Waals surface area contributed by atoms with Crippen molar-refractivity contribution in [1.82, 2.24) is 9.47 Å². The number of aromatic nitrogens is 1. The second-order valence-corrected chi connectivity index (χ2v) is 6.90. The summed E-state index contributed by atoms with van der Waals surface area (Å²) in [5.41, 5.74) is 1.97. The van der Waals surface area contributed by atoms with Crippen molar-refractivity contribution in [2.75, 3.05) is 13.1 Å². The van der Waals surface area contributed by atoms with Gasteiger partial charge >= 0.3 is 0 Å². The summed E-state index contributed by atoms with van der Waals surface area (Å²) < 4.78 is 3.20. The van der Waals surface area contributed by atoms with Gasteiger partial charge in [0.25, 0.3) is 5.91 Å². The molecular formula is C17H21BrN2O. The van der Waals surface area contributed by atoms with Crippen LogP contribution in [-0.2, 0) is 6.54 Å². The number of piperidine rings is 1. The van der Waals surface area contributed by atoms with E-state index in [0.29, 0.717) is 5.92 Å². The predicted molar refractivity (Wildman–Crippen MR) is 89.6 cm³/mol. The summed E-state index contributed by atoms with van der Waals surface area (Å²) in [5.74, 6) is 0.789. The maximum absolute atomic E-state index is 12.9. The van der Waals surface area contributed by atoms with Crippen molar-refractivity contribution in [2.24, 2.45) is 5.92 Å². The van der Waals surface area contributed by atoms with Gasteiger partial charge in [0.1, 0.15) is 0 Å². The summed E-state index contributed by atoms with van der Waals surface area (Å²) in [4.78, 5) is 14.9. The number of hydrogen-bond acceptors (Lipinski definition) is 1. The fourth-order valence-electron chi connectivity index (χ4n) is 3.24. The zero-order valence-corrected chi connectivity index (χ0v) is 14.2. The van der Waals surface area contributed by atoms with Crippen LogP contribution >= 0.6 is 15.9 Å². The Hall–Kier alpha value is -1.29. The Balaban J connectivity index is 2.01. The SMILES string of the molecule is CCn1cc(C(=O)N2CCCC(C)C2)c2ccc(Br)cc21. The number of nitrogens with zero attached hydrogens (tertiary/aromatic N) is 2. The van der Waals surface area contributed by atoms with Crippen LogP contribution in [0, 0.1) is 5.92 Å². The third kappa shape index (κ3) is 2.73. The molecule has 112 valence electrons. The van der Waals surface area contributed by atoms with Gasteiger partial charge < -0.3 is 9.47 Å². The Morgan fingerprint density at radius 2 is 2.24 bits per heavy atom. The molecule has 1 aromatic heterocycles. The molecule has 0 radical (unpaired) electrons. The van der Waals surface area contributed by atoms with Gasteiger partial charge in [-0.25, -0.2) is 0 Å². The second-order valence-electron chi connectivity index (χ2n) is 5.99. The van der Waals surface area contributed by atoms with E-state index >= 15 is 0 Å². The van der Waals surface area contributed by atoms with Gasteiger partial charge in [0, 0.05) is 41.2 Å². The number of halogens is 1. The standard InChI is InChI=1S/C17H21BrN2O/c1-3-19-11-15(14-7-6-13(18)9-16(14)19)17(21)20-8-4-5-12(2)10-20/h6-7,9,11-12H,3-5,8,10H2,1-2H3. The van der Waals surface area contributed by atoms with Gasteiger partial charge in [-0.3, -0.25) is 4.79 Å². The molecule has 4 heteroatoms. The molecule has 0 spiro atoms. The van der Waals surface area contributed by atoms with Gasteiger partial charge in [0.2, 0.25) is 0 Å². The van der Waals surface area contributed by atoms with E-state index in [1.54, 1.807) is 0 Å². The highest BCUT2D eigenvalue weighted by atomic mass is 79.9. The number of rotatable bonds is 2. The topological polar surface area (TPSA) is 25.2 Å². The van der Waals surface area contributed by atoms with Gasteiger partial charge in [-0.2, -0.15) is 0 Å². The van der Waals surface area contributed by atoms with E-state index in [0.717, 1.165) is 47.0 Å². The quantitative estimate of drug-likeness (QED) is 0.794. The monoisotopic (exact) mass is 348 g/mol. The third-order valence-electron chi connectivity index (χ3n) is 4.36. The normalized spacial score (nSPS) is 19.2. The third-order valence-corrected chi connectivity index (χ3v) is 4.85. The minimum absolute atomic E-state index is 0.182. The van der Waals surface area contributed by atoms with E-state index in [1.165, 1.54) is 6.42 Å². The molecule has 1 fully saturated rings. The molecule has 1 unspecified atom stereocenters. The van der Waals surface area contributed by atoms with Crippen LogP contribution in [0.3, 0.4) is 0 Å². The summed E-state index contributed by atoms with van der Waals surface area (Å²) in [6.07, 6.45) is 4.36. The molecule has 3 rings (SSSR count). The number of carbonyl (C=O) groups excluding carboxylic acids is 1. The van der Waals surface area contributed by atoms with Gasteiger partial charge in [0.05, 0.1) is 5.56 Å². The molecule has 1 aliphatic rings. The second kappa shape index (κ2) is 5.84. The van der Waals surface area contributed by atoms with E-state index < -0.39 is 0 Å². The number of carbonyl (C=O) groups is 1. The molecule has 2 aromatic rings. The predicted octanol–water partition coefficient (Wildman–Crippen LogP) is 4.30. The molecule has 0 bridgehead atoms. The lowest BCUT2D eigenvalue weighted by Gasteiger charge is -2.30. The largest absolute Gasteiger partial charge is 0.347 e. The van der Waals surface area contributed by atoms with Crippen LogP contribution in [-0.4, -0.2) is 28.5 Å². The molecular weight excluding hydrogens is 328 g/mol. The summed E-state index contributed by atoms with van der Waals surface area (Å²) >= 11 is 3.52. The maximum atomic E-state index is 12.9. The lowest BCUT2D eigenvalue weighted by atomic mass is 9.99. The Labute approximate surface area is 134 Å². The van der Waals surface area contributed by atoms with Gasteiger partial charge in [-0.05, 0) is 37.8 Å². The maximum Gasteiger partial charge on any atom is 0.256 e. The number of amides is 1. The van der Waals surface area contributed by atoms with Gasteiger partial charge in [-0.15, -0.1) is 0 Å². The van der Waals surface area contributed by atoms with Crippen molar-refractivity contribution in [3.05, 3.63) is 34.4 Å². The van der Waals surface area contributed by atoms with Crippen LogP contribution in [0.25, 0.3) is 10.9 Å². The van der Waals surface area contributed by atoms with Gasteiger partial charge in [-0.1, -0.05) is 28.9 Å². The number of aryl methyl sites for hydroxylation is 1. The molecule has 1 amide bonds.